The number of para-hydroxylation sites is 2. The van der Waals surface area contributed by atoms with E-state index in [1.54, 1.807) is 6.08 Å². The molecule has 1 aliphatic rings. The van der Waals surface area contributed by atoms with E-state index >= 15 is 0 Å². The highest BCUT2D eigenvalue weighted by Crippen LogP contribution is 2.48. The Morgan fingerprint density at radius 3 is 2.24 bits per heavy atom. The maximum Gasteiger partial charge on any atom is 0.164 e. The average molecular weight is 531 g/mol. The van der Waals surface area contributed by atoms with Gasteiger partial charge in [0.05, 0.1) is 16.7 Å². The molecule has 0 aliphatic carbocycles. The maximum atomic E-state index is 5.05. The van der Waals surface area contributed by atoms with Gasteiger partial charge in [0.25, 0.3) is 0 Å². The summed E-state index contributed by atoms with van der Waals surface area (Å²) in [6.45, 7) is 10.5. The molecule has 0 amide bonds. The SMILES string of the molecule is C=CC=CC(=CC)c1nc(-c2ccccc2)nc(-c2cc3c4c(c2)c2ccccc2n4-c2ccccc2C3(C)C)n1. The second kappa shape index (κ2) is 9.53. The molecule has 4 heteroatoms. The van der Waals surface area contributed by atoms with Crippen molar-refractivity contribution in [1.29, 1.82) is 0 Å². The number of aromatic nitrogens is 4. The van der Waals surface area contributed by atoms with Gasteiger partial charge >= 0.3 is 0 Å². The lowest BCUT2D eigenvalue weighted by Crippen LogP contribution is -2.26. The van der Waals surface area contributed by atoms with Crippen molar-refractivity contribution in [1.82, 2.24) is 19.5 Å². The van der Waals surface area contributed by atoms with Crippen LogP contribution in [-0.2, 0) is 5.41 Å². The van der Waals surface area contributed by atoms with Crippen LogP contribution < -0.4 is 0 Å². The van der Waals surface area contributed by atoms with Gasteiger partial charge in [-0.25, -0.2) is 15.0 Å². The molecule has 7 rings (SSSR count). The molecule has 0 spiro atoms. The summed E-state index contributed by atoms with van der Waals surface area (Å²) < 4.78 is 2.43. The first-order valence-corrected chi connectivity index (χ1v) is 14.0. The number of benzene rings is 4. The fraction of sp³-hybridized carbons (Fsp3) is 0.108. The molecule has 0 saturated heterocycles. The standard InChI is InChI=1S/C37H30N4/c1-5-7-15-24(6-2)34-38-35(25-16-9-8-10-17-25)40-36(39-34)26-22-28-27-18-11-13-20-31(27)41-32-21-14-12-19-29(32)37(3,4)30(23-26)33(28)41/h5-23H,1H2,2-4H3. The first kappa shape index (κ1) is 24.9. The van der Waals surface area contributed by atoms with Crippen molar-refractivity contribution >= 4 is 27.4 Å². The van der Waals surface area contributed by atoms with E-state index in [0.29, 0.717) is 17.5 Å². The fourth-order valence-electron chi connectivity index (χ4n) is 6.12. The van der Waals surface area contributed by atoms with E-state index < -0.39 is 0 Å². The van der Waals surface area contributed by atoms with Gasteiger partial charge in [-0.1, -0.05) is 111 Å². The summed E-state index contributed by atoms with van der Waals surface area (Å²) in [6.07, 6.45) is 7.68. The van der Waals surface area contributed by atoms with Gasteiger partial charge in [0.15, 0.2) is 17.5 Å². The van der Waals surface area contributed by atoms with Gasteiger partial charge in [-0.3, -0.25) is 0 Å². The second-order valence-electron chi connectivity index (χ2n) is 10.9. The Balaban J connectivity index is 1.56. The van der Waals surface area contributed by atoms with Gasteiger partial charge in [0.2, 0.25) is 0 Å². The van der Waals surface area contributed by atoms with Crippen molar-refractivity contribution in [3.8, 4) is 28.5 Å². The van der Waals surface area contributed by atoms with Crippen LogP contribution in [0, 0.1) is 0 Å². The summed E-state index contributed by atoms with van der Waals surface area (Å²) in [7, 11) is 0. The summed E-state index contributed by atoms with van der Waals surface area (Å²) >= 11 is 0. The Bertz CT molecular complexity index is 2040. The van der Waals surface area contributed by atoms with Gasteiger partial charge in [-0.05, 0) is 42.3 Å². The molecule has 0 bridgehead atoms. The molecule has 1 aliphatic heterocycles. The van der Waals surface area contributed by atoms with Gasteiger partial charge in [-0.15, -0.1) is 0 Å². The molecule has 2 aromatic heterocycles. The number of fused-ring (bicyclic) bond motifs is 5. The van der Waals surface area contributed by atoms with E-state index in [0.717, 1.165) is 16.7 Å². The first-order valence-electron chi connectivity index (χ1n) is 14.0. The lowest BCUT2D eigenvalue weighted by Gasteiger charge is -2.35. The Labute approximate surface area is 240 Å². The smallest absolute Gasteiger partial charge is 0.164 e. The summed E-state index contributed by atoms with van der Waals surface area (Å²) in [5.74, 6) is 1.94. The van der Waals surface area contributed by atoms with Crippen molar-refractivity contribution in [3.63, 3.8) is 0 Å². The first-order chi connectivity index (χ1) is 20.0. The van der Waals surface area contributed by atoms with Gasteiger partial charge in [-0.2, -0.15) is 0 Å². The highest BCUT2D eigenvalue weighted by Gasteiger charge is 2.35. The van der Waals surface area contributed by atoms with Crippen LogP contribution in [0.4, 0.5) is 0 Å². The molecule has 0 fully saturated rings. The molecule has 4 nitrogen and oxygen atoms in total. The third-order valence-electron chi connectivity index (χ3n) is 8.17. The molecule has 3 heterocycles. The predicted molar refractivity (Wildman–Crippen MR) is 170 cm³/mol. The van der Waals surface area contributed by atoms with Crippen LogP contribution in [0.15, 0.2) is 122 Å². The van der Waals surface area contributed by atoms with Crippen LogP contribution in [0.25, 0.3) is 55.8 Å². The number of allylic oxidation sites excluding steroid dienone is 5. The number of nitrogens with zero attached hydrogens (tertiary/aromatic N) is 4. The molecule has 4 aromatic carbocycles. The predicted octanol–water partition coefficient (Wildman–Crippen LogP) is 9.09. The molecule has 0 radical (unpaired) electrons. The Morgan fingerprint density at radius 1 is 0.756 bits per heavy atom. The van der Waals surface area contributed by atoms with E-state index in [1.807, 2.05) is 55.5 Å². The second-order valence-corrected chi connectivity index (χ2v) is 10.9. The lowest BCUT2D eigenvalue weighted by molar-refractivity contribution is 0.630. The molecular weight excluding hydrogens is 500 g/mol. The molecule has 0 saturated carbocycles. The summed E-state index contributed by atoms with van der Waals surface area (Å²) in [5.41, 5.74) is 8.90. The van der Waals surface area contributed by atoms with Crippen molar-refractivity contribution in [2.45, 2.75) is 26.2 Å². The summed E-state index contributed by atoms with van der Waals surface area (Å²) in [5, 5.41) is 2.43. The van der Waals surface area contributed by atoms with E-state index in [9.17, 15) is 0 Å². The zero-order valence-electron chi connectivity index (χ0n) is 23.5. The maximum absolute atomic E-state index is 5.05. The number of hydrogen-bond acceptors (Lipinski definition) is 3. The van der Waals surface area contributed by atoms with Crippen LogP contribution >= 0.6 is 0 Å². The number of hydrogen-bond donors (Lipinski definition) is 0. The number of rotatable bonds is 5. The van der Waals surface area contributed by atoms with Crippen LogP contribution in [0.1, 0.15) is 37.7 Å². The highest BCUT2D eigenvalue weighted by atomic mass is 15.0. The van der Waals surface area contributed by atoms with Crippen molar-refractivity contribution in [2.24, 2.45) is 0 Å². The van der Waals surface area contributed by atoms with Crippen LogP contribution in [-0.4, -0.2) is 19.5 Å². The van der Waals surface area contributed by atoms with Gasteiger partial charge in [0, 0.05) is 32.9 Å². The lowest BCUT2D eigenvalue weighted by atomic mass is 9.74. The molecule has 6 aromatic rings. The van der Waals surface area contributed by atoms with Crippen molar-refractivity contribution < 1.29 is 0 Å². The van der Waals surface area contributed by atoms with Gasteiger partial charge < -0.3 is 4.57 Å². The van der Waals surface area contributed by atoms with E-state index in [4.69, 9.17) is 15.0 Å². The molecule has 198 valence electrons. The normalized spacial score (nSPS) is 14.1. The minimum absolute atomic E-state index is 0.214. The van der Waals surface area contributed by atoms with E-state index in [-0.39, 0.29) is 5.41 Å². The zero-order chi connectivity index (χ0) is 28.1. The Hall–Kier alpha value is -5.09. The van der Waals surface area contributed by atoms with Crippen LogP contribution in [0.5, 0.6) is 0 Å². The largest absolute Gasteiger partial charge is 0.309 e. The highest BCUT2D eigenvalue weighted by molar-refractivity contribution is 6.12. The van der Waals surface area contributed by atoms with Crippen LogP contribution in [0.2, 0.25) is 0 Å². The molecular formula is C37H30N4. The van der Waals surface area contributed by atoms with E-state index in [2.05, 4.69) is 85.7 Å². The van der Waals surface area contributed by atoms with Crippen molar-refractivity contribution in [2.75, 3.05) is 0 Å². The monoisotopic (exact) mass is 530 g/mol. The quantitative estimate of drug-likeness (QED) is 0.209. The molecule has 0 atom stereocenters. The average Bonchev–Trinajstić information content (AvgIpc) is 3.35. The zero-order valence-corrected chi connectivity index (χ0v) is 23.5. The van der Waals surface area contributed by atoms with Crippen molar-refractivity contribution in [3.05, 3.63) is 139 Å². The van der Waals surface area contributed by atoms with E-state index in [1.165, 1.54) is 38.6 Å². The molecule has 0 unspecified atom stereocenters. The minimum atomic E-state index is -0.214. The molecule has 0 N–H and O–H groups in total. The fourth-order valence-corrected chi connectivity index (χ4v) is 6.12. The van der Waals surface area contributed by atoms with Crippen LogP contribution in [0.3, 0.4) is 0 Å². The van der Waals surface area contributed by atoms with Gasteiger partial charge in [0.1, 0.15) is 0 Å². The summed E-state index contributed by atoms with van der Waals surface area (Å²) in [6, 6.07) is 32.1. The Morgan fingerprint density at radius 2 is 1.46 bits per heavy atom. The topological polar surface area (TPSA) is 43.6 Å². The minimum Gasteiger partial charge on any atom is -0.309 e. The summed E-state index contributed by atoms with van der Waals surface area (Å²) in [4.78, 5) is 15.0. The Kier molecular flexibility index (Phi) is 5.79. The third-order valence-corrected chi connectivity index (χ3v) is 8.17. The molecule has 41 heavy (non-hydrogen) atoms. The third kappa shape index (κ3) is 3.86.